The molecule has 0 spiro atoms. The summed E-state index contributed by atoms with van der Waals surface area (Å²) >= 11 is 0. The van der Waals surface area contributed by atoms with Gasteiger partial charge in [-0.1, -0.05) is 37.5 Å². The first-order chi connectivity index (χ1) is 9.36. The zero-order valence-electron chi connectivity index (χ0n) is 11.4. The molecule has 2 aliphatic rings. The molecule has 1 amide bonds. The average Bonchev–Trinajstić information content (AvgIpc) is 2.98. The topological polar surface area (TPSA) is 23.6 Å². The van der Waals surface area contributed by atoms with Crippen molar-refractivity contribution in [3.05, 3.63) is 35.9 Å². The van der Waals surface area contributed by atoms with E-state index in [1.165, 1.54) is 32.1 Å². The number of rotatable bonds is 2. The van der Waals surface area contributed by atoms with Gasteiger partial charge in [0, 0.05) is 24.7 Å². The summed E-state index contributed by atoms with van der Waals surface area (Å²) in [6.07, 6.45) is 7.59. The van der Waals surface area contributed by atoms with E-state index in [-0.39, 0.29) is 5.91 Å². The van der Waals surface area contributed by atoms with E-state index in [2.05, 4.69) is 5.01 Å². The Hall–Kier alpha value is -1.35. The minimum atomic E-state index is 0.170. The smallest absolute Gasteiger partial charge is 0.268 e. The van der Waals surface area contributed by atoms with Crippen molar-refractivity contribution in [2.75, 3.05) is 13.1 Å². The minimum absolute atomic E-state index is 0.170. The molecule has 0 N–H and O–H groups in total. The van der Waals surface area contributed by atoms with E-state index in [0.717, 1.165) is 25.1 Å². The minimum Gasteiger partial charge on any atom is -0.271 e. The molecular formula is C16H22N2O. The molecule has 1 aromatic rings. The van der Waals surface area contributed by atoms with Crippen molar-refractivity contribution in [2.45, 2.75) is 44.6 Å². The molecule has 0 radical (unpaired) electrons. The van der Waals surface area contributed by atoms with Crippen LogP contribution in [0.15, 0.2) is 30.3 Å². The van der Waals surface area contributed by atoms with Gasteiger partial charge in [0.2, 0.25) is 0 Å². The van der Waals surface area contributed by atoms with Gasteiger partial charge in [-0.3, -0.25) is 9.80 Å². The van der Waals surface area contributed by atoms with Crippen LogP contribution < -0.4 is 0 Å². The van der Waals surface area contributed by atoms with Crippen molar-refractivity contribution in [3.8, 4) is 0 Å². The third kappa shape index (κ3) is 2.66. The van der Waals surface area contributed by atoms with Crippen molar-refractivity contribution < 1.29 is 4.79 Å². The molecule has 1 saturated carbocycles. The summed E-state index contributed by atoms with van der Waals surface area (Å²) in [5.41, 5.74) is 0.810. The number of nitrogens with zero attached hydrogens (tertiary/aromatic N) is 2. The number of carbonyl (C=O) groups is 1. The Labute approximate surface area is 115 Å². The predicted molar refractivity (Wildman–Crippen MR) is 75.7 cm³/mol. The summed E-state index contributed by atoms with van der Waals surface area (Å²) in [4.78, 5) is 12.6. The highest BCUT2D eigenvalue weighted by Gasteiger charge is 2.33. The van der Waals surface area contributed by atoms with Crippen molar-refractivity contribution in [2.24, 2.45) is 0 Å². The maximum atomic E-state index is 12.6. The first-order valence-electron chi connectivity index (χ1n) is 7.50. The second-order valence-electron chi connectivity index (χ2n) is 5.60. The molecule has 0 unspecified atom stereocenters. The number of hydrogen-bond acceptors (Lipinski definition) is 2. The molecule has 3 heteroatoms. The molecule has 19 heavy (non-hydrogen) atoms. The number of benzene rings is 1. The van der Waals surface area contributed by atoms with Gasteiger partial charge in [-0.2, -0.15) is 0 Å². The fraction of sp³-hybridized carbons (Fsp3) is 0.562. The van der Waals surface area contributed by atoms with Crippen LogP contribution in [0.4, 0.5) is 0 Å². The summed E-state index contributed by atoms with van der Waals surface area (Å²) in [5.74, 6) is 0.170. The molecular weight excluding hydrogens is 236 g/mol. The predicted octanol–water partition coefficient (Wildman–Crippen LogP) is 3.08. The second kappa shape index (κ2) is 5.74. The Balaban J connectivity index is 1.74. The lowest BCUT2D eigenvalue weighted by Crippen LogP contribution is -2.47. The van der Waals surface area contributed by atoms with Crippen LogP contribution >= 0.6 is 0 Å². The van der Waals surface area contributed by atoms with Crippen LogP contribution in [0.25, 0.3) is 0 Å². The third-order valence-electron chi connectivity index (χ3n) is 4.32. The number of hydrazine groups is 1. The van der Waals surface area contributed by atoms with Crippen LogP contribution in [0, 0.1) is 0 Å². The Morgan fingerprint density at radius 2 is 1.68 bits per heavy atom. The van der Waals surface area contributed by atoms with Gasteiger partial charge in [-0.15, -0.1) is 0 Å². The molecule has 1 saturated heterocycles. The number of hydrogen-bond donors (Lipinski definition) is 0. The lowest BCUT2D eigenvalue weighted by Gasteiger charge is -2.37. The van der Waals surface area contributed by atoms with Crippen molar-refractivity contribution in [1.29, 1.82) is 0 Å². The zero-order valence-corrected chi connectivity index (χ0v) is 11.4. The zero-order chi connectivity index (χ0) is 13.1. The monoisotopic (exact) mass is 258 g/mol. The summed E-state index contributed by atoms with van der Waals surface area (Å²) in [5, 5.41) is 4.33. The first kappa shape index (κ1) is 12.7. The van der Waals surface area contributed by atoms with E-state index < -0.39 is 0 Å². The normalized spacial score (nSPS) is 21.8. The lowest BCUT2D eigenvalue weighted by molar-refractivity contribution is -0.0129. The Morgan fingerprint density at radius 1 is 0.947 bits per heavy atom. The highest BCUT2D eigenvalue weighted by Crippen LogP contribution is 2.27. The van der Waals surface area contributed by atoms with Crippen LogP contribution in [-0.2, 0) is 0 Å². The van der Waals surface area contributed by atoms with E-state index in [4.69, 9.17) is 0 Å². The number of amides is 1. The van der Waals surface area contributed by atoms with E-state index >= 15 is 0 Å². The molecule has 0 aromatic heterocycles. The molecule has 1 aliphatic heterocycles. The fourth-order valence-corrected chi connectivity index (χ4v) is 3.34. The molecule has 1 aliphatic carbocycles. The molecule has 3 rings (SSSR count). The van der Waals surface area contributed by atoms with Gasteiger partial charge in [-0.05, 0) is 31.4 Å². The van der Waals surface area contributed by atoms with Gasteiger partial charge < -0.3 is 0 Å². The lowest BCUT2D eigenvalue weighted by atomic mass is 9.95. The van der Waals surface area contributed by atoms with Gasteiger partial charge >= 0.3 is 0 Å². The van der Waals surface area contributed by atoms with Gasteiger partial charge in [0.05, 0.1) is 0 Å². The van der Waals surface area contributed by atoms with E-state index in [9.17, 15) is 4.79 Å². The van der Waals surface area contributed by atoms with Crippen LogP contribution in [0.2, 0.25) is 0 Å². The third-order valence-corrected chi connectivity index (χ3v) is 4.32. The highest BCUT2D eigenvalue weighted by atomic mass is 16.2. The largest absolute Gasteiger partial charge is 0.271 e. The quantitative estimate of drug-likeness (QED) is 0.814. The summed E-state index contributed by atoms with van der Waals surface area (Å²) in [7, 11) is 0. The molecule has 102 valence electrons. The van der Waals surface area contributed by atoms with E-state index in [0.29, 0.717) is 6.04 Å². The molecule has 0 atom stereocenters. The molecule has 3 nitrogen and oxygen atoms in total. The summed E-state index contributed by atoms with van der Waals surface area (Å²) in [6, 6.07) is 10.3. The van der Waals surface area contributed by atoms with Crippen molar-refractivity contribution >= 4 is 5.91 Å². The Bertz CT molecular complexity index is 426. The number of carbonyl (C=O) groups excluding carboxylic acids is 1. The second-order valence-corrected chi connectivity index (χ2v) is 5.60. The molecule has 2 fully saturated rings. The van der Waals surface area contributed by atoms with Gasteiger partial charge in [0.1, 0.15) is 0 Å². The highest BCUT2D eigenvalue weighted by molar-refractivity contribution is 5.94. The van der Waals surface area contributed by atoms with Gasteiger partial charge in [-0.25, -0.2) is 5.01 Å². The molecule has 1 heterocycles. The SMILES string of the molecule is O=C(c1ccccc1)N1CCCN1C1CCCCC1. The van der Waals surface area contributed by atoms with Crippen LogP contribution in [0.5, 0.6) is 0 Å². The van der Waals surface area contributed by atoms with Gasteiger partial charge in [0.25, 0.3) is 5.91 Å². The van der Waals surface area contributed by atoms with Crippen LogP contribution in [-0.4, -0.2) is 35.1 Å². The average molecular weight is 258 g/mol. The Morgan fingerprint density at radius 3 is 2.42 bits per heavy atom. The van der Waals surface area contributed by atoms with E-state index in [1.807, 2.05) is 35.3 Å². The summed E-state index contributed by atoms with van der Waals surface area (Å²) in [6.45, 7) is 1.92. The molecule has 1 aromatic carbocycles. The van der Waals surface area contributed by atoms with Gasteiger partial charge in [0.15, 0.2) is 0 Å². The van der Waals surface area contributed by atoms with Crippen molar-refractivity contribution in [3.63, 3.8) is 0 Å². The maximum Gasteiger partial charge on any atom is 0.268 e. The van der Waals surface area contributed by atoms with Crippen LogP contribution in [0.1, 0.15) is 48.9 Å². The molecule has 0 bridgehead atoms. The van der Waals surface area contributed by atoms with E-state index in [1.54, 1.807) is 0 Å². The standard InChI is InChI=1S/C16H22N2O/c19-16(14-8-3-1-4-9-14)18-13-7-12-17(18)15-10-5-2-6-11-15/h1,3-4,8-9,15H,2,5-7,10-13H2. The fourth-order valence-electron chi connectivity index (χ4n) is 3.34. The van der Waals surface area contributed by atoms with Crippen LogP contribution in [0.3, 0.4) is 0 Å². The van der Waals surface area contributed by atoms with Crippen molar-refractivity contribution in [1.82, 2.24) is 10.0 Å². The first-order valence-corrected chi connectivity index (χ1v) is 7.50. The maximum absolute atomic E-state index is 12.6. The Kier molecular flexibility index (Phi) is 3.83. The summed E-state index contributed by atoms with van der Waals surface area (Å²) < 4.78 is 0.